The SMILES string of the molecule is CC(C)(C)c1cccc(NC(=O)O)c1CC=O. The average Bonchev–Trinajstić information content (AvgIpc) is 2.18. The summed E-state index contributed by atoms with van der Waals surface area (Å²) in [5.74, 6) is 0. The molecule has 0 atom stereocenters. The fraction of sp³-hybridized carbons (Fsp3) is 0.385. The molecule has 92 valence electrons. The Morgan fingerprint density at radius 3 is 2.53 bits per heavy atom. The van der Waals surface area contributed by atoms with Crippen LogP contribution in [0.3, 0.4) is 0 Å². The van der Waals surface area contributed by atoms with Gasteiger partial charge in [0, 0.05) is 12.1 Å². The summed E-state index contributed by atoms with van der Waals surface area (Å²) in [5, 5.41) is 11.1. The summed E-state index contributed by atoms with van der Waals surface area (Å²) in [4.78, 5) is 21.4. The van der Waals surface area contributed by atoms with Crippen LogP contribution in [-0.2, 0) is 16.6 Å². The number of rotatable bonds is 3. The smallest absolute Gasteiger partial charge is 0.409 e. The lowest BCUT2D eigenvalue weighted by Gasteiger charge is -2.24. The standard InChI is InChI=1S/C13H17NO3/c1-13(2,3)10-5-4-6-11(14-12(16)17)9(10)7-8-15/h4-6,8,14H,7H2,1-3H3,(H,16,17). The van der Waals surface area contributed by atoms with E-state index in [4.69, 9.17) is 5.11 Å². The third-order valence-corrected chi connectivity index (χ3v) is 2.51. The molecule has 0 saturated heterocycles. The zero-order chi connectivity index (χ0) is 13.1. The molecule has 4 heteroatoms. The number of aldehydes is 1. The van der Waals surface area contributed by atoms with Gasteiger partial charge in [0.1, 0.15) is 6.29 Å². The van der Waals surface area contributed by atoms with Gasteiger partial charge >= 0.3 is 6.09 Å². The van der Waals surface area contributed by atoms with Gasteiger partial charge in [0.25, 0.3) is 0 Å². The van der Waals surface area contributed by atoms with E-state index in [1.54, 1.807) is 12.1 Å². The molecule has 0 aromatic heterocycles. The minimum Gasteiger partial charge on any atom is -0.465 e. The second-order valence-corrected chi connectivity index (χ2v) is 4.88. The van der Waals surface area contributed by atoms with Crippen molar-refractivity contribution in [3.8, 4) is 0 Å². The summed E-state index contributed by atoms with van der Waals surface area (Å²) in [6.07, 6.45) is -0.121. The van der Waals surface area contributed by atoms with Gasteiger partial charge in [0.05, 0.1) is 0 Å². The third-order valence-electron chi connectivity index (χ3n) is 2.51. The Bertz CT molecular complexity index is 433. The van der Waals surface area contributed by atoms with Gasteiger partial charge in [-0.05, 0) is 22.6 Å². The van der Waals surface area contributed by atoms with Gasteiger partial charge in [0.15, 0.2) is 0 Å². The number of hydrogen-bond acceptors (Lipinski definition) is 2. The van der Waals surface area contributed by atoms with Crippen molar-refractivity contribution in [3.63, 3.8) is 0 Å². The molecule has 1 amide bonds. The van der Waals surface area contributed by atoms with Crippen LogP contribution in [-0.4, -0.2) is 17.5 Å². The minimum atomic E-state index is -1.12. The van der Waals surface area contributed by atoms with Gasteiger partial charge in [-0.3, -0.25) is 5.32 Å². The Morgan fingerprint density at radius 1 is 1.41 bits per heavy atom. The number of anilines is 1. The highest BCUT2D eigenvalue weighted by Gasteiger charge is 2.20. The number of carbonyl (C=O) groups is 2. The van der Waals surface area contributed by atoms with Crippen LogP contribution < -0.4 is 5.32 Å². The second-order valence-electron chi connectivity index (χ2n) is 4.88. The van der Waals surface area contributed by atoms with E-state index in [0.29, 0.717) is 5.69 Å². The number of carbonyl (C=O) groups excluding carboxylic acids is 1. The monoisotopic (exact) mass is 235 g/mol. The first-order valence-electron chi connectivity index (χ1n) is 5.42. The molecule has 17 heavy (non-hydrogen) atoms. The van der Waals surface area contributed by atoms with Gasteiger partial charge in [-0.25, -0.2) is 4.79 Å². The maximum Gasteiger partial charge on any atom is 0.409 e. The van der Waals surface area contributed by atoms with E-state index < -0.39 is 6.09 Å². The number of carboxylic acid groups (broad SMARTS) is 1. The molecule has 0 spiro atoms. The molecular formula is C13H17NO3. The second kappa shape index (κ2) is 4.99. The lowest BCUT2D eigenvalue weighted by atomic mass is 9.82. The largest absolute Gasteiger partial charge is 0.465 e. The molecule has 0 radical (unpaired) electrons. The fourth-order valence-corrected chi connectivity index (χ4v) is 1.83. The molecule has 0 aliphatic carbocycles. The third kappa shape index (κ3) is 3.31. The van der Waals surface area contributed by atoms with Crippen LogP contribution in [0.4, 0.5) is 10.5 Å². The quantitative estimate of drug-likeness (QED) is 0.792. The number of hydrogen-bond donors (Lipinski definition) is 2. The molecule has 0 bridgehead atoms. The van der Waals surface area contributed by atoms with Crippen LogP contribution in [0.25, 0.3) is 0 Å². The van der Waals surface area contributed by atoms with E-state index in [1.807, 2.05) is 26.8 Å². The first-order chi connectivity index (χ1) is 7.86. The van der Waals surface area contributed by atoms with Crippen molar-refractivity contribution in [2.75, 3.05) is 5.32 Å². The van der Waals surface area contributed by atoms with Gasteiger partial charge < -0.3 is 9.90 Å². The van der Waals surface area contributed by atoms with Crippen molar-refractivity contribution < 1.29 is 14.7 Å². The molecule has 0 saturated carbocycles. The highest BCUT2D eigenvalue weighted by molar-refractivity contribution is 5.85. The number of nitrogens with one attached hydrogen (secondary N) is 1. The predicted molar refractivity (Wildman–Crippen MR) is 66.6 cm³/mol. The van der Waals surface area contributed by atoms with Crippen LogP contribution in [0.2, 0.25) is 0 Å². The fourth-order valence-electron chi connectivity index (χ4n) is 1.83. The van der Waals surface area contributed by atoms with E-state index in [2.05, 4.69) is 5.32 Å². The summed E-state index contributed by atoms with van der Waals surface area (Å²) >= 11 is 0. The molecule has 1 aromatic rings. The van der Waals surface area contributed by atoms with Crippen molar-refractivity contribution in [3.05, 3.63) is 29.3 Å². The summed E-state index contributed by atoms with van der Waals surface area (Å²) in [7, 11) is 0. The Balaban J connectivity index is 3.31. The Morgan fingerprint density at radius 2 is 2.06 bits per heavy atom. The van der Waals surface area contributed by atoms with Crippen molar-refractivity contribution in [2.24, 2.45) is 0 Å². The molecule has 1 rings (SSSR count). The summed E-state index contributed by atoms with van der Waals surface area (Å²) in [5.41, 5.74) is 2.08. The van der Waals surface area contributed by atoms with Crippen molar-refractivity contribution >= 4 is 18.1 Å². The number of benzene rings is 1. The zero-order valence-electron chi connectivity index (χ0n) is 10.3. The highest BCUT2D eigenvalue weighted by atomic mass is 16.4. The van der Waals surface area contributed by atoms with Gasteiger partial charge in [0.2, 0.25) is 0 Å². The topological polar surface area (TPSA) is 66.4 Å². The molecule has 0 heterocycles. The van der Waals surface area contributed by atoms with Crippen LogP contribution in [0.5, 0.6) is 0 Å². The van der Waals surface area contributed by atoms with Crippen molar-refractivity contribution in [1.29, 1.82) is 0 Å². The first kappa shape index (κ1) is 13.2. The lowest BCUT2D eigenvalue weighted by Crippen LogP contribution is -2.17. The molecule has 2 N–H and O–H groups in total. The zero-order valence-corrected chi connectivity index (χ0v) is 10.3. The van der Waals surface area contributed by atoms with Crippen LogP contribution in [0.15, 0.2) is 18.2 Å². The van der Waals surface area contributed by atoms with Crippen LogP contribution in [0, 0.1) is 0 Å². The minimum absolute atomic E-state index is 0.130. The molecule has 4 nitrogen and oxygen atoms in total. The van der Waals surface area contributed by atoms with E-state index in [1.165, 1.54) is 0 Å². The molecule has 0 aliphatic heterocycles. The maximum atomic E-state index is 10.7. The van der Waals surface area contributed by atoms with Crippen molar-refractivity contribution in [2.45, 2.75) is 32.6 Å². The van der Waals surface area contributed by atoms with E-state index in [0.717, 1.165) is 17.4 Å². The van der Waals surface area contributed by atoms with Crippen LogP contribution in [0.1, 0.15) is 31.9 Å². The lowest BCUT2D eigenvalue weighted by molar-refractivity contribution is -0.107. The molecule has 0 unspecified atom stereocenters. The predicted octanol–water partition coefficient (Wildman–Crippen LogP) is 2.82. The summed E-state index contributed by atoms with van der Waals surface area (Å²) in [6, 6.07) is 5.38. The maximum absolute atomic E-state index is 10.7. The summed E-state index contributed by atoms with van der Waals surface area (Å²) < 4.78 is 0. The normalized spacial score (nSPS) is 11.0. The van der Waals surface area contributed by atoms with E-state index in [-0.39, 0.29) is 11.8 Å². The molecule has 1 aromatic carbocycles. The highest BCUT2D eigenvalue weighted by Crippen LogP contribution is 2.30. The summed E-state index contributed by atoms with van der Waals surface area (Å²) in [6.45, 7) is 6.09. The van der Waals surface area contributed by atoms with Crippen LogP contribution >= 0.6 is 0 Å². The Kier molecular flexibility index (Phi) is 3.89. The van der Waals surface area contributed by atoms with E-state index in [9.17, 15) is 9.59 Å². The average molecular weight is 235 g/mol. The van der Waals surface area contributed by atoms with Gasteiger partial charge in [-0.15, -0.1) is 0 Å². The van der Waals surface area contributed by atoms with Gasteiger partial charge in [-0.2, -0.15) is 0 Å². The molecular weight excluding hydrogens is 218 g/mol. The Labute approximate surface area is 101 Å². The molecule has 0 fully saturated rings. The van der Waals surface area contributed by atoms with Crippen molar-refractivity contribution in [1.82, 2.24) is 0 Å². The molecule has 0 aliphatic rings. The van der Waals surface area contributed by atoms with Gasteiger partial charge in [-0.1, -0.05) is 32.9 Å². The van der Waals surface area contributed by atoms with E-state index >= 15 is 0 Å². The number of amides is 1. The first-order valence-corrected chi connectivity index (χ1v) is 5.42. The Hall–Kier alpha value is -1.84.